The molecule has 0 aromatic heterocycles. The highest BCUT2D eigenvalue weighted by Crippen LogP contribution is 2.37. The summed E-state index contributed by atoms with van der Waals surface area (Å²) in [7, 11) is 0. The molecule has 2 aliphatic carbocycles. The molecule has 1 heterocycles. The van der Waals surface area contributed by atoms with Crippen LogP contribution in [-0.4, -0.2) is 45.9 Å². The molecule has 3 unspecified atom stereocenters. The molecule has 3 heteroatoms. The summed E-state index contributed by atoms with van der Waals surface area (Å²) >= 11 is 0. The van der Waals surface area contributed by atoms with Crippen LogP contribution in [0.1, 0.15) is 70.6 Å². The van der Waals surface area contributed by atoms with Gasteiger partial charge in [0.1, 0.15) is 0 Å². The number of nitrogens with zero attached hydrogens (tertiary/aromatic N) is 1. The van der Waals surface area contributed by atoms with Crippen molar-refractivity contribution in [2.75, 3.05) is 13.1 Å². The third-order valence-electron chi connectivity index (χ3n) is 5.97. The van der Waals surface area contributed by atoms with Gasteiger partial charge in [-0.25, -0.2) is 0 Å². The fraction of sp³-hybridized carbons (Fsp3) is 1.00. The van der Waals surface area contributed by atoms with Gasteiger partial charge in [-0.3, -0.25) is 4.90 Å². The number of piperidine rings is 1. The van der Waals surface area contributed by atoms with Crippen LogP contribution in [0.2, 0.25) is 0 Å². The van der Waals surface area contributed by atoms with E-state index >= 15 is 0 Å². The molecule has 2 N–H and O–H groups in total. The molecular weight excluding hydrogens is 250 g/mol. The molecule has 3 atom stereocenters. The van der Waals surface area contributed by atoms with E-state index in [1.54, 1.807) is 0 Å². The van der Waals surface area contributed by atoms with Crippen molar-refractivity contribution in [3.63, 3.8) is 0 Å². The zero-order chi connectivity index (χ0) is 14.0. The van der Waals surface area contributed by atoms with Crippen LogP contribution in [0.3, 0.4) is 0 Å². The van der Waals surface area contributed by atoms with Gasteiger partial charge in [-0.15, -0.1) is 0 Å². The first-order valence-corrected chi connectivity index (χ1v) is 8.82. The first-order chi connectivity index (χ1) is 9.68. The molecular formula is C17H31NO2. The molecule has 3 fully saturated rings. The van der Waals surface area contributed by atoms with E-state index in [4.69, 9.17) is 0 Å². The van der Waals surface area contributed by atoms with Gasteiger partial charge < -0.3 is 10.2 Å². The van der Waals surface area contributed by atoms with E-state index in [9.17, 15) is 10.2 Å². The standard InChI is InChI=1S/C17H31NO2/c19-16-9-6-7-14(16)15-8-2-5-12-18(15)13-17(20)10-3-1-4-11-17/h14-16,19-20H,1-13H2. The summed E-state index contributed by atoms with van der Waals surface area (Å²) in [6.45, 7) is 1.97. The molecule has 3 rings (SSSR count). The number of aliphatic hydroxyl groups excluding tert-OH is 1. The van der Waals surface area contributed by atoms with Crippen molar-refractivity contribution in [1.29, 1.82) is 0 Å². The molecule has 20 heavy (non-hydrogen) atoms. The van der Waals surface area contributed by atoms with Gasteiger partial charge in [0.25, 0.3) is 0 Å². The Morgan fingerprint density at radius 1 is 0.900 bits per heavy atom. The van der Waals surface area contributed by atoms with E-state index in [0.717, 1.165) is 32.4 Å². The van der Waals surface area contributed by atoms with Crippen LogP contribution in [0.15, 0.2) is 0 Å². The van der Waals surface area contributed by atoms with Crippen molar-refractivity contribution in [3.8, 4) is 0 Å². The third kappa shape index (κ3) is 3.20. The number of hydrogen-bond donors (Lipinski definition) is 2. The fourth-order valence-electron chi connectivity index (χ4n) is 4.86. The third-order valence-corrected chi connectivity index (χ3v) is 5.97. The average molecular weight is 281 g/mol. The van der Waals surface area contributed by atoms with Gasteiger partial charge in [0, 0.05) is 18.5 Å². The fourth-order valence-corrected chi connectivity index (χ4v) is 4.86. The molecule has 0 bridgehead atoms. The lowest BCUT2D eigenvalue weighted by atomic mass is 9.82. The van der Waals surface area contributed by atoms with Crippen molar-refractivity contribution in [1.82, 2.24) is 4.90 Å². The number of rotatable bonds is 3. The second-order valence-corrected chi connectivity index (χ2v) is 7.48. The predicted molar refractivity (Wildman–Crippen MR) is 80.6 cm³/mol. The molecule has 3 aliphatic rings. The van der Waals surface area contributed by atoms with Crippen molar-refractivity contribution in [2.45, 2.75) is 88.4 Å². The lowest BCUT2D eigenvalue weighted by Crippen LogP contribution is -2.53. The first kappa shape index (κ1) is 14.8. The minimum absolute atomic E-state index is 0.0957. The molecule has 116 valence electrons. The summed E-state index contributed by atoms with van der Waals surface area (Å²) in [5, 5.41) is 21.1. The van der Waals surface area contributed by atoms with E-state index in [1.165, 1.54) is 51.4 Å². The van der Waals surface area contributed by atoms with Crippen LogP contribution in [-0.2, 0) is 0 Å². The van der Waals surface area contributed by atoms with Crippen LogP contribution in [0.5, 0.6) is 0 Å². The Morgan fingerprint density at radius 2 is 1.70 bits per heavy atom. The van der Waals surface area contributed by atoms with Crippen LogP contribution in [0.25, 0.3) is 0 Å². The van der Waals surface area contributed by atoms with Crippen LogP contribution >= 0.6 is 0 Å². The maximum atomic E-state index is 10.8. The molecule has 2 saturated carbocycles. The van der Waals surface area contributed by atoms with Crippen LogP contribution in [0.4, 0.5) is 0 Å². The summed E-state index contributed by atoms with van der Waals surface area (Å²) in [6, 6.07) is 0.521. The highest BCUT2D eigenvalue weighted by Gasteiger charge is 2.40. The SMILES string of the molecule is OC1CCCC1C1CCCCN1CC1(O)CCCCC1. The normalized spacial score (nSPS) is 39.0. The molecule has 0 radical (unpaired) electrons. The van der Waals surface area contributed by atoms with Crippen molar-refractivity contribution in [3.05, 3.63) is 0 Å². The second kappa shape index (κ2) is 6.33. The highest BCUT2D eigenvalue weighted by molar-refractivity contribution is 4.94. The van der Waals surface area contributed by atoms with Crippen LogP contribution in [0, 0.1) is 5.92 Å². The van der Waals surface area contributed by atoms with Gasteiger partial charge in [0.2, 0.25) is 0 Å². The van der Waals surface area contributed by atoms with E-state index in [-0.39, 0.29) is 6.10 Å². The van der Waals surface area contributed by atoms with Gasteiger partial charge in [0.05, 0.1) is 11.7 Å². The Bertz CT molecular complexity index is 314. The molecule has 1 aliphatic heterocycles. The lowest BCUT2D eigenvalue weighted by molar-refractivity contribution is -0.0577. The van der Waals surface area contributed by atoms with E-state index in [2.05, 4.69) is 4.90 Å². The maximum absolute atomic E-state index is 10.8. The summed E-state index contributed by atoms with van der Waals surface area (Å²) in [6.07, 6.45) is 12.6. The Labute approximate surface area is 123 Å². The summed E-state index contributed by atoms with van der Waals surface area (Å²) in [5.74, 6) is 0.461. The van der Waals surface area contributed by atoms with Crippen LogP contribution < -0.4 is 0 Å². The number of β-amino-alcohol motifs (C(OH)–C–C–N with tert-alkyl or cyclic N) is 1. The quantitative estimate of drug-likeness (QED) is 0.836. The lowest BCUT2D eigenvalue weighted by Gasteiger charge is -2.45. The Kier molecular flexibility index (Phi) is 4.68. The maximum Gasteiger partial charge on any atom is 0.0774 e. The number of likely N-dealkylation sites (tertiary alicyclic amines) is 1. The van der Waals surface area contributed by atoms with E-state index in [1.807, 2.05) is 0 Å². The molecule has 0 spiro atoms. The summed E-state index contributed by atoms with van der Waals surface area (Å²) < 4.78 is 0. The molecule has 0 amide bonds. The van der Waals surface area contributed by atoms with Crippen molar-refractivity contribution >= 4 is 0 Å². The van der Waals surface area contributed by atoms with E-state index < -0.39 is 5.60 Å². The van der Waals surface area contributed by atoms with Gasteiger partial charge in [-0.1, -0.05) is 32.1 Å². The number of aliphatic hydroxyl groups is 2. The average Bonchev–Trinajstić information content (AvgIpc) is 2.86. The second-order valence-electron chi connectivity index (χ2n) is 7.48. The zero-order valence-corrected chi connectivity index (χ0v) is 12.8. The Balaban J connectivity index is 1.65. The first-order valence-electron chi connectivity index (χ1n) is 8.82. The number of hydrogen-bond acceptors (Lipinski definition) is 3. The summed E-state index contributed by atoms with van der Waals surface area (Å²) in [5.41, 5.74) is -0.447. The minimum atomic E-state index is -0.447. The molecule has 3 nitrogen and oxygen atoms in total. The van der Waals surface area contributed by atoms with Gasteiger partial charge >= 0.3 is 0 Å². The topological polar surface area (TPSA) is 43.7 Å². The molecule has 1 saturated heterocycles. The van der Waals surface area contributed by atoms with Gasteiger partial charge in [-0.2, -0.15) is 0 Å². The van der Waals surface area contributed by atoms with E-state index in [0.29, 0.717) is 12.0 Å². The zero-order valence-electron chi connectivity index (χ0n) is 12.8. The van der Waals surface area contributed by atoms with Gasteiger partial charge in [-0.05, 0) is 45.1 Å². The highest BCUT2D eigenvalue weighted by atomic mass is 16.3. The Morgan fingerprint density at radius 3 is 2.40 bits per heavy atom. The van der Waals surface area contributed by atoms with Gasteiger partial charge in [0.15, 0.2) is 0 Å². The monoisotopic (exact) mass is 281 g/mol. The van der Waals surface area contributed by atoms with Crippen molar-refractivity contribution < 1.29 is 10.2 Å². The molecule has 0 aromatic carbocycles. The summed E-state index contributed by atoms with van der Waals surface area (Å²) in [4.78, 5) is 2.54. The largest absolute Gasteiger partial charge is 0.393 e. The van der Waals surface area contributed by atoms with Crippen molar-refractivity contribution in [2.24, 2.45) is 5.92 Å². The smallest absolute Gasteiger partial charge is 0.0774 e. The Hall–Kier alpha value is -0.120. The predicted octanol–water partition coefficient (Wildman–Crippen LogP) is 2.70. The minimum Gasteiger partial charge on any atom is -0.393 e. The molecule has 0 aromatic rings.